The average Bonchev–Trinajstić information content (AvgIpc) is 2.51. The molecule has 0 saturated carbocycles. The molecule has 0 aliphatic heterocycles. The topological polar surface area (TPSA) is 50.3 Å². The third-order valence-electron chi connectivity index (χ3n) is 1.69. The van der Waals surface area contributed by atoms with Crippen LogP contribution in [0.25, 0.3) is 0 Å². The number of benzene rings is 1. The van der Waals surface area contributed by atoms with Gasteiger partial charge in [-0.25, -0.2) is 0 Å². The highest BCUT2D eigenvalue weighted by atomic mass is 32.1. The van der Waals surface area contributed by atoms with E-state index in [0.29, 0.717) is 0 Å². The zero-order valence-corrected chi connectivity index (χ0v) is 7.99. The first-order valence-electron chi connectivity index (χ1n) is 3.99. The van der Waals surface area contributed by atoms with Gasteiger partial charge < -0.3 is 9.52 Å². The van der Waals surface area contributed by atoms with Crippen molar-refractivity contribution in [1.82, 2.24) is 4.68 Å². The molecule has 2 rings (SSSR count). The first kappa shape index (κ1) is 8.83. The predicted octanol–water partition coefficient (Wildman–Crippen LogP) is 2.39. The molecular weight excluding hydrogens is 200 g/mol. The number of hydrogen-bond donors (Lipinski definition) is 2. The molecule has 1 aromatic carbocycles. The van der Waals surface area contributed by atoms with E-state index in [2.05, 4.69) is 5.43 Å². The van der Waals surface area contributed by atoms with Crippen LogP contribution in [-0.4, -0.2) is 9.78 Å². The molecule has 0 spiro atoms. The van der Waals surface area contributed by atoms with Crippen LogP contribution >= 0.6 is 12.2 Å². The summed E-state index contributed by atoms with van der Waals surface area (Å²) in [6.45, 7) is 0. The van der Waals surface area contributed by atoms with E-state index >= 15 is 0 Å². The standard InChI is InChI=1S/C9H8N2O2S/c12-8-6-13-9(14)11(8)10-7-4-2-1-3-5-7/h1-6,10,12H. The Bertz CT molecular complexity index is 475. The van der Waals surface area contributed by atoms with Crippen LogP contribution in [0.4, 0.5) is 5.69 Å². The Balaban J connectivity index is 2.32. The second-order valence-electron chi connectivity index (χ2n) is 2.67. The molecule has 0 atom stereocenters. The maximum Gasteiger partial charge on any atom is 0.291 e. The van der Waals surface area contributed by atoms with Gasteiger partial charge in [0.1, 0.15) is 0 Å². The number of aromatic hydroxyl groups is 1. The number of anilines is 1. The molecule has 0 unspecified atom stereocenters. The highest BCUT2D eigenvalue weighted by Crippen LogP contribution is 2.13. The van der Waals surface area contributed by atoms with Crippen molar-refractivity contribution in [3.8, 4) is 5.88 Å². The van der Waals surface area contributed by atoms with Crippen molar-refractivity contribution in [2.45, 2.75) is 0 Å². The molecule has 0 fully saturated rings. The van der Waals surface area contributed by atoms with E-state index < -0.39 is 0 Å². The maximum absolute atomic E-state index is 9.33. The van der Waals surface area contributed by atoms with E-state index in [-0.39, 0.29) is 10.7 Å². The Labute approximate surface area is 85.4 Å². The molecule has 2 N–H and O–H groups in total. The summed E-state index contributed by atoms with van der Waals surface area (Å²) in [4.78, 5) is 0.173. The molecule has 1 aromatic heterocycles. The minimum Gasteiger partial charge on any atom is -0.491 e. The lowest BCUT2D eigenvalue weighted by molar-refractivity contribution is 0.433. The maximum atomic E-state index is 9.33. The predicted molar refractivity (Wildman–Crippen MR) is 54.7 cm³/mol. The number of hydrogen-bond acceptors (Lipinski definition) is 4. The molecule has 1 heterocycles. The third kappa shape index (κ3) is 1.62. The van der Waals surface area contributed by atoms with E-state index in [1.54, 1.807) is 0 Å². The van der Waals surface area contributed by atoms with Crippen LogP contribution in [-0.2, 0) is 0 Å². The minimum absolute atomic E-state index is 0.0566. The molecule has 0 bridgehead atoms. The summed E-state index contributed by atoms with van der Waals surface area (Å²) in [5.41, 5.74) is 3.71. The van der Waals surface area contributed by atoms with E-state index in [1.165, 1.54) is 10.9 Å². The summed E-state index contributed by atoms with van der Waals surface area (Å²) in [6.07, 6.45) is 1.18. The van der Waals surface area contributed by atoms with Crippen LogP contribution < -0.4 is 5.43 Å². The van der Waals surface area contributed by atoms with Crippen molar-refractivity contribution in [3.05, 3.63) is 41.4 Å². The first-order chi connectivity index (χ1) is 6.77. The van der Waals surface area contributed by atoms with Crippen LogP contribution in [0.5, 0.6) is 5.88 Å². The summed E-state index contributed by atoms with van der Waals surface area (Å²) < 4.78 is 6.12. The van der Waals surface area contributed by atoms with Crippen molar-refractivity contribution in [2.24, 2.45) is 0 Å². The number of nitrogens with zero attached hydrogens (tertiary/aromatic N) is 1. The normalized spacial score (nSPS) is 10.0. The highest BCUT2D eigenvalue weighted by Gasteiger charge is 2.02. The molecule has 0 aliphatic rings. The van der Waals surface area contributed by atoms with Crippen molar-refractivity contribution >= 4 is 17.9 Å². The molecule has 2 aromatic rings. The number of nitrogens with one attached hydrogen (secondary N) is 1. The fourth-order valence-corrected chi connectivity index (χ4v) is 1.23. The largest absolute Gasteiger partial charge is 0.491 e. The van der Waals surface area contributed by atoms with Gasteiger partial charge in [-0.3, -0.25) is 5.43 Å². The van der Waals surface area contributed by atoms with Crippen molar-refractivity contribution in [1.29, 1.82) is 0 Å². The van der Waals surface area contributed by atoms with Gasteiger partial charge in [-0.15, -0.1) is 0 Å². The molecule has 4 nitrogen and oxygen atoms in total. The lowest BCUT2D eigenvalue weighted by Crippen LogP contribution is -2.07. The Hall–Kier alpha value is -1.75. The van der Waals surface area contributed by atoms with Crippen molar-refractivity contribution in [2.75, 3.05) is 5.43 Å². The molecule has 0 aliphatic carbocycles. The molecule has 0 amide bonds. The molecule has 72 valence electrons. The van der Waals surface area contributed by atoms with Gasteiger partial charge >= 0.3 is 0 Å². The van der Waals surface area contributed by atoms with Crippen LogP contribution in [0.1, 0.15) is 0 Å². The van der Waals surface area contributed by atoms with Gasteiger partial charge in [-0.1, -0.05) is 18.2 Å². The zero-order valence-electron chi connectivity index (χ0n) is 7.18. The highest BCUT2D eigenvalue weighted by molar-refractivity contribution is 7.71. The molecule has 0 saturated heterocycles. The van der Waals surface area contributed by atoms with Gasteiger partial charge in [0.05, 0.1) is 5.69 Å². The van der Waals surface area contributed by atoms with E-state index in [9.17, 15) is 5.11 Å². The zero-order chi connectivity index (χ0) is 9.97. The molecular formula is C9H8N2O2S. The van der Waals surface area contributed by atoms with E-state index in [1.807, 2.05) is 30.3 Å². The summed E-state index contributed by atoms with van der Waals surface area (Å²) in [6, 6.07) is 9.37. The van der Waals surface area contributed by atoms with Crippen LogP contribution in [0.2, 0.25) is 0 Å². The fraction of sp³-hybridized carbons (Fsp3) is 0. The van der Waals surface area contributed by atoms with Crippen LogP contribution in [0.15, 0.2) is 41.0 Å². The quantitative estimate of drug-likeness (QED) is 0.744. The van der Waals surface area contributed by atoms with Crippen molar-refractivity contribution in [3.63, 3.8) is 0 Å². The summed E-state index contributed by atoms with van der Waals surface area (Å²) in [7, 11) is 0. The smallest absolute Gasteiger partial charge is 0.291 e. The average molecular weight is 208 g/mol. The lowest BCUT2D eigenvalue weighted by Gasteiger charge is -2.05. The number of para-hydroxylation sites is 1. The van der Waals surface area contributed by atoms with Gasteiger partial charge in [0, 0.05) is 0 Å². The van der Waals surface area contributed by atoms with Gasteiger partial charge in [-0.05, 0) is 24.4 Å². The van der Waals surface area contributed by atoms with Crippen LogP contribution in [0, 0.1) is 4.84 Å². The Morgan fingerprint density at radius 1 is 1.29 bits per heavy atom. The SMILES string of the molecule is Oc1coc(=S)n1Nc1ccccc1. The van der Waals surface area contributed by atoms with Crippen molar-refractivity contribution < 1.29 is 9.52 Å². The second-order valence-corrected chi connectivity index (χ2v) is 3.02. The summed E-state index contributed by atoms with van der Waals surface area (Å²) in [5.74, 6) is -0.0566. The van der Waals surface area contributed by atoms with Gasteiger partial charge in [0.15, 0.2) is 6.26 Å². The monoisotopic (exact) mass is 208 g/mol. The van der Waals surface area contributed by atoms with Gasteiger partial charge in [0.25, 0.3) is 10.7 Å². The first-order valence-corrected chi connectivity index (χ1v) is 4.40. The van der Waals surface area contributed by atoms with Gasteiger partial charge in [0.2, 0.25) is 0 Å². The minimum atomic E-state index is -0.0566. The van der Waals surface area contributed by atoms with E-state index in [4.69, 9.17) is 16.6 Å². The van der Waals surface area contributed by atoms with E-state index in [0.717, 1.165) is 5.69 Å². The summed E-state index contributed by atoms with van der Waals surface area (Å²) in [5, 5.41) is 9.33. The summed E-state index contributed by atoms with van der Waals surface area (Å²) >= 11 is 4.85. The number of rotatable bonds is 2. The Morgan fingerprint density at radius 2 is 2.00 bits per heavy atom. The molecule has 5 heteroatoms. The van der Waals surface area contributed by atoms with Crippen LogP contribution in [0.3, 0.4) is 0 Å². The van der Waals surface area contributed by atoms with Gasteiger partial charge in [-0.2, -0.15) is 4.68 Å². The molecule has 0 radical (unpaired) electrons. The Kier molecular flexibility index (Phi) is 2.24. The fourth-order valence-electron chi connectivity index (χ4n) is 1.05. The Morgan fingerprint density at radius 3 is 2.57 bits per heavy atom. The number of aromatic nitrogens is 1. The lowest BCUT2D eigenvalue weighted by atomic mass is 10.3. The second kappa shape index (κ2) is 3.55. The molecule has 14 heavy (non-hydrogen) atoms. The third-order valence-corrected chi connectivity index (χ3v) is 1.97. The number of oxazole rings is 1.